The summed E-state index contributed by atoms with van der Waals surface area (Å²) in [6.45, 7) is 4.28. The lowest BCUT2D eigenvalue weighted by Crippen LogP contribution is -2.00. The molecule has 98 valence electrons. The molecule has 0 saturated heterocycles. The minimum Gasteiger partial charge on any atom is -0.302 e. The summed E-state index contributed by atoms with van der Waals surface area (Å²) in [4.78, 5) is 17.1. The zero-order chi connectivity index (χ0) is 12.4. The van der Waals surface area contributed by atoms with Crippen LogP contribution >= 0.6 is 29.7 Å². The Morgan fingerprint density at radius 2 is 1.69 bits per heavy atom. The molecular formula is C9H21O4PS2. The molecule has 0 aromatic carbocycles. The summed E-state index contributed by atoms with van der Waals surface area (Å²) in [6.07, 6.45) is 6.76. The van der Waals surface area contributed by atoms with Crippen LogP contribution < -0.4 is 0 Å². The maximum absolute atomic E-state index is 10.5. The molecule has 0 spiro atoms. The third kappa shape index (κ3) is 11.3. The summed E-state index contributed by atoms with van der Waals surface area (Å²) < 4.78 is 14.8. The van der Waals surface area contributed by atoms with Crippen LogP contribution in [0.1, 0.15) is 52.4 Å². The van der Waals surface area contributed by atoms with E-state index in [1.165, 1.54) is 10.8 Å². The largest absolute Gasteiger partial charge is 0.481 e. The Kier molecular flexibility index (Phi) is 10.3. The molecular weight excluding hydrogens is 267 g/mol. The van der Waals surface area contributed by atoms with Crippen molar-refractivity contribution < 1.29 is 18.3 Å². The van der Waals surface area contributed by atoms with Crippen LogP contribution in [0, 0.1) is 0 Å². The highest BCUT2D eigenvalue weighted by Gasteiger charge is 2.17. The van der Waals surface area contributed by atoms with E-state index in [-0.39, 0.29) is 0 Å². The molecule has 0 fully saturated rings. The molecule has 0 saturated carbocycles. The first-order valence-electron chi connectivity index (χ1n) is 5.56. The first-order valence-corrected chi connectivity index (χ1v) is 9.23. The Morgan fingerprint density at radius 3 is 2.06 bits per heavy atom. The molecule has 0 aliphatic rings. The second-order valence-corrected chi connectivity index (χ2v) is 7.19. The van der Waals surface area contributed by atoms with Crippen LogP contribution in [-0.2, 0) is 8.54 Å². The maximum atomic E-state index is 10.5. The summed E-state index contributed by atoms with van der Waals surface area (Å²) in [7, 11) is -2.90. The first-order chi connectivity index (χ1) is 7.49. The van der Waals surface area contributed by atoms with E-state index in [4.69, 9.17) is 9.79 Å². The van der Waals surface area contributed by atoms with Crippen molar-refractivity contribution in [3.63, 3.8) is 0 Å². The molecule has 0 aliphatic heterocycles. The van der Waals surface area contributed by atoms with E-state index in [9.17, 15) is 4.57 Å². The van der Waals surface area contributed by atoms with E-state index in [1.807, 2.05) is 0 Å². The smallest absolute Gasteiger partial charge is 0.302 e. The van der Waals surface area contributed by atoms with Crippen LogP contribution in [0.4, 0.5) is 0 Å². The van der Waals surface area contributed by atoms with Gasteiger partial charge in [-0.3, -0.25) is 0 Å². The lowest BCUT2D eigenvalue weighted by molar-refractivity contribution is 0.300. The van der Waals surface area contributed by atoms with E-state index in [2.05, 4.69) is 17.8 Å². The molecule has 0 amide bonds. The van der Waals surface area contributed by atoms with Gasteiger partial charge in [-0.15, -0.1) is 0 Å². The summed E-state index contributed by atoms with van der Waals surface area (Å²) >= 11 is 0.823. The van der Waals surface area contributed by atoms with Gasteiger partial charge >= 0.3 is 7.82 Å². The summed E-state index contributed by atoms with van der Waals surface area (Å²) in [6, 6.07) is 0. The van der Waals surface area contributed by atoms with Gasteiger partial charge < -0.3 is 9.79 Å². The first kappa shape index (κ1) is 16.8. The molecule has 0 aromatic heterocycles. The lowest BCUT2D eigenvalue weighted by Gasteiger charge is -2.14. The molecule has 16 heavy (non-hydrogen) atoms. The monoisotopic (exact) mass is 288 g/mol. The van der Waals surface area contributed by atoms with Gasteiger partial charge in [-0.2, -0.15) is 0 Å². The van der Waals surface area contributed by atoms with Crippen LogP contribution in [0.15, 0.2) is 0 Å². The predicted molar refractivity (Wildman–Crippen MR) is 71.1 cm³/mol. The fourth-order valence-corrected chi connectivity index (χ4v) is 4.25. The van der Waals surface area contributed by atoms with E-state index >= 15 is 0 Å². The predicted octanol–water partition coefficient (Wildman–Crippen LogP) is 4.14. The van der Waals surface area contributed by atoms with Crippen molar-refractivity contribution in [3.05, 3.63) is 0 Å². The Bertz CT molecular complexity index is 202. The normalized spacial score (nSPS) is 12.3. The summed E-state index contributed by atoms with van der Waals surface area (Å²) in [5, 5.41) is 0.427. The van der Waals surface area contributed by atoms with Crippen LogP contribution in [0.3, 0.4) is 0 Å². The van der Waals surface area contributed by atoms with Gasteiger partial charge in [-0.25, -0.2) is 8.54 Å². The van der Waals surface area contributed by atoms with E-state index in [0.717, 1.165) is 49.6 Å². The van der Waals surface area contributed by atoms with E-state index in [1.54, 1.807) is 0 Å². The molecule has 0 aliphatic carbocycles. The van der Waals surface area contributed by atoms with Crippen LogP contribution in [0.5, 0.6) is 0 Å². The van der Waals surface area contributed by atoms with Crippen molar-refractivity contribution >= 4 is 29.7 Å². The van der Waals surface area contributed by atoms with Gasteiger partial charge in [0.2, 0.25) is 0 Å². The Labute approximate surface area is 106 Å². The Balaban J connectivity index is 3.76. The zero-order valence-corrected chi connectivity index (χ0v) is 12.3. The molecule has 0 heterocycles. The second-order valence-electron chi connectivity index (χ2n) is 3.64. The van der Waals surface area contributed by atoms with Gasteiger partial charge in [0.25, 0.3) is 0 Å². The summed E-state index contributed by atoms with van der Waals surface area (Å²) in [5.74, 6) is 0. The molecule has 4 nitrogen and oxygen atoms in total. The van der Waals surface area contributed by atoms with Crippen molar-refractivity contribution in [3.8, 4) is 0 Å². The third-order valence-electron chi connectivity index (χ3n) is 2.06. The lowest BCUT2D eigenvalue weighted by atomic mass is 10.1. The quantitative estimate of drug-likeness (QED) is 0.358. The van der Waals surface area contributed by atoms with Crippen molar-refractivity contribution in [2.75, 3.05) is 0 Å². The number of unbranched alkanes of at least 4 members (excludes halogenated alkanes) is 2. The van der Waals surface area contributed by atoms with Crippen molar-refractivity contribution in [1.82, 2.24) is 0 Å². The highest BCUT2D eigenvalue weighted by atomic mass is 33.1. The van der Waals surface area contributed by atoms with Crippen LogP contribution in [-0.4, -0.2) is 15.0 Å². The molecule has 0 rings (SSSR count). The zero-order valence-electron chi connectivity index (χ0n) is 9.79. The average molecular weight is 288 g/mol. The summed E-state index contributed by atoms with van der Waals surface area (Å²) in [5.41, 5.74) is 0. The number of hydrogen-bond acceptors (Lipinski definition) is 4. The molecule has 7 heteroatoms. The van der Waals surface area contributed by atoms with E-state index < -0.39 is 7.82 Å². The Morgan fingerprint density at radius 1 is 1.19 bits per heavy atom. The standard InChI is InChI=1S/C9H21O4PS2/c1-3-5-7-9(8-6-4-2)15-16-13-14(10,11)12/h9H,3-8H2,1-2H3,(H2,10,11,12). The second kappa shape index (κ2) is 9.80. The van der Waals surface area contributed by atoms with Crippen molar-refractivity contribution in [2.24, 2.45) is 0 Å². The van der Waals surface area contributed by atoms with Gasteiger partial charge in [0.15, 0.2) is 0 Å². The number of phosphoric acid groups is 1. The topological polar surface area (TPSA) is 66.8 Å². The molecule has 0 bridgehead atoms. The highest BCUT2D eigenvalue weighted by Crippen LogP contribution is 2.47. The van der Waals surface area contributed by atoms with Gasteiger partial charge in [0.05, 0.1) is 11.1 Å². The van der Waals surface area contributed by atoms with Gasteiger partial charge in [-0.05, 0) is 12.8 Å². The number of hydrogen-bond donors (Lipinski definition) is 2. The molecule has 0 atom stereocenters. The minimum absolute atomic E-state index is 0.427. The Hall–Kier alpha value is 0.810. The molecule has 2 N–H and O–H groups in total. The van der Waals surface area contributed by atoms with Gasteiger partial charge in [0.1, 0.15) is 0 Å². The van der Waals surface area contributed by atoms with Gasteiger partial charge in [0, 0.05) is 5.25 Å². The van der Waals surface area contributed by atoms with Crippen molar-refractivity contribution in [1.29, 1.82) is 0 Å². The molecule has 0 radical (unpaired) electrons. The van der Waals surface area contributed by atoms with Crippen LogP contribution in [0.2, 0.25) is 0 Å². The number of rotatable bonds is 10. The third-order valence-corrected chi connectivity index (χ3v) is 5.50. The maximum Gasteiger partial charge on any atom is 0.481 e. The van der Waals surface area contributed by atoms with Crippen LogP contribution in [0.25, 0.3) is 0 Å². The van der Waals surface area contributed by atoms with E-state index in [0.29, 0.717) is 5.25 Å². The molecule has 0 unspecified atom stereocenters. The highest BCUT2D eigenvalue weighted by molar-refractivity contribution is 8.75. The average Bonchev–Trinajstić information content (AvgIpc) is 2.19. The fourth-order valence-electron chi connectivity index (χ4n) is 1.22. The van der Waals surface area contributed by atoms with Gasteiger partial charge in [-0.1, -0.05) is 50.3 Å². The SMILES string of the molecule is CCCCC(CCCC)SSOP(=O)(O)O. The molecule has 0 aromatic rings. The minimum atomic E-state index is -4.33. The fraction of sp³-hybridized carbons (Fsp3) is 1.00. The van der Waals surface area contributed by atoms with Crippen molar-refractivity contribution in [2.45, 2.75) is 57.6 Å².